The zero-order chi connectivity index (χ0) is 23.3. The molecule has 32 heavy (non-hydrogen) atoms. The van der Waals surface area contributed by atoms with Crippen molar-refractivity contribution in [3.63, 3.8) is 0 Å². The first kappa shape index (κ1) is 24.7. The Bertz CT molecular complexity index is 929. The van der Waals surface area contributed by atoms with Crippen LogP contribution in [0.5, 0.6) is 5.75 Å². The van der Waals surface area contributed by atoms with Crippen molar-refractivity contribution in [1.82, 2.24) is 9.21 Å². The van der Waals surface area contributed by atoms with E-state index in [1.807, 2.05) is 73.6 Å². The lowest BCUT2D eigenvalue weighted by atomic mass is 10.1. The molecule has 0 radical (unpaired) electrons. The number of benzene rings is 2. The highest BCUT2D eigenvalue weighted by molar-refractivity contribution is 9.10. The Kier molecular flexibility index (Phi) is 8.36. The molecule has 1 amide bonds. The molecule has 0 aromatic heterocycles. The van der Waals surface area contributed by atoms with Crippen molar-refractivity contribution in [3.05, 3.63) is 58.6 Å². The van der Waals surface area contributed by atoms with Crippen LogP contribution in [0.15, 0.2) is 57.9 Å². The van der Waals surface area contributed by atoms with E-state index >= 15 is 0 Å². The zero-order valence-corrected chi connectivity index (χ0v) is 21.4. The minimum absolute atomic E-state index is 0.0529. The maximum absolute atomic E-state index is 13.7. The molecule has 0 aliphatic carbocycles. The van der Waals surface area contributed by atoms with Gasteiger partial charge in [-0.25, -0.2) is 13.3 Å². The number of halogens is 1. The summed E-state index contributed by atoms with van der Waals surface area (Å²) in [5.74, 6) is 0.721. The smallest absolute Gasteiger partial charge is 0.410 e. The maximum Gasteiger partial charge on any atom is 0.410 e. The molecule has 8 heteroatoms. The molecule has 2 aromatic rings. The van der Waals surface area contributed by atoms with Crippen molar-refractivity contribution in [2.24, 2.45) is 0 Å². The number of rotatable bonds is 6. The molecular weight excluding hydrogens is 492 g/mol. The van der Waals surface area contributed by atoms with Crippen LogP contribution in [0.3, 0.4) is 0 Å². The number of carbonyl (C=O) groups excluding carboxylic acids is 1. The fourth-order valence-electron chi connectivity index (χ4n) is 3.60. The topological polar surface area (TPSA) is 59.1 Å². The number of likely N-dealkylation sites (tertiary alicyclic amines) is 1. The van der Waals surface area contributed by atoms with Gasteiger partial charge in [-0.2, -0.15) is 0 Å². The Morgan fingerprint density at radius 1 is 1.16 bits per heavy atom. The van der Waals surface area contributed by atoms with Gasteiger partial charge in [-0.3, -0.25) is 0 Å². The first-order valence-electron chi connectivity index (χ1n) is 10.7. The summed E-state index contributed by atoms with van der Waals surface area (Å²) < 4.78 is 27.5. The van der Waals surface area contributed by atoms with Crippen molar-refractivity contribution in [3.8, 4) is 5.75 Å². The van der Waals surface area contributed by atoms with Crippen LogP contribution >= 0.6 is 15.9 Å². The van der Waals surface area contributed by atoms with Gasteiger partial charge >= 0.3 is 6.09 Å². The molecular formula is C24H31BrN2O4S. The predicted molar refractivity (Wildman–Crippen MR) is 130 cm³/mol. The quantitative estimate of drug-likeness (QED) is 0.510. The molecule has 3 rings (SSSR count). The van der Waals surface area contributed by atoms with Gasteiger partial charge in [0.15, 0.2) is 0 Å². The van der Waals surface area contributed by atoms with Crippen molar-refractivity contribution in [2.45, 2.75) is 56.7 Å². The average molecular weight is 523 g/mol. The van der Waals surface area contributed by atoms with Crippen LogP contribution in [0, 0.1) is 0 Å². The largest absolute Gasteiger partial charge is 0.497 e. The van der Waals surface area contributed by atoms with E-state index in [1.165, 1.54) is 0 Å². The molecule has 0 N–H and O–H groups in total. The molecule has 6 nitrogen and oxygen atoms in total. The Morgan fingerprint density at radius 2 is 1.81 bits per heavy atom. The Labute approximate surface area is 201 Å². The van der Waals surface area contributed by atoms with Crippen LogP contribution < -0.4 is 4.74 Å². The van der Waals surface area contributed by atoms with Crippen molar-refractivity contribution < 1.29 is 18.5 Å². The number of ether oxygens (including phenoxy) is 2. The summed E-state index contributed by atoms with van der Waals surface area (Å²) in [6.07, 6.45) is 1.37. The third kappa shape index (κ3) is 6.80. The summed E-state index contributed by atoms with van der Waals surface area (Å²) in [6, 6.07) is 15.3. The van der Waals surface area contributed by atoms with Gasteiger partial charge < -0.3 is 14.4 Å². The zero-order valence-electron chi connectivity index (χ0n) is 19.0. The number of hydrogen-bond donors (Lipinski definition) is 0. The molecule has 1 saturated heterocycles. The van der Waals surface area contributed by atoms with Crippen LogP contribution in [-0.2, 0) is 22.3 Å². The summed E-state index contributed by atoms with van der Waals surface area (Å²) in [5.41, 5.74) is 0.511. The van der Waals surface area contributed by atoms with Gasteiger partial charge in [0.25, 0.3) is 0 Å². The summed E-state index contributed by atoms with van der Waals surface area (Å²) >= 11 is 3.47. The van der Waals surface area contributed by atoms with Crippen LogP contribution in [0.4, 0.5) is 4.79 Å². The van der Waals surface area contributed by atoms with Gasteiger partial charge in [0.2, 0.25) is 0 Å². The fraction of sp³-hybridized carbons (Fsp3) is 0.458. The van der Waals surface area contributed by atoms with Gasteiger partial charge in [0.05, 0.1) is 12.0 Å². The first-order valence-corrected chi connectivity index (χ1v) is 12.6. The Balaban J connectivity index is 1.84. The third-order valence-corrected chi connectivity index (χ3v) is 7.24. The van der Waals surface area contributed by atoms with Gasteiger partial charge in [0.1, 0.15) is 22.3 Å². The van der Waals surface area contributed by atoms with E-state index in [1.54, 1.807) is 12.0 Å². The molecule has 2 atom stereocenters. The van der Waals surface area contributed by atoms with E-state index in [9.17, 15) is 9.00 Å². The average Bonchev–Trinajstić information content (AvgIpc) is 2.77. The molecule has 1 fully saturated rings. The number of piperidine rings is 1. The van der Waals surface area contributed by atoms with Crippen molar-refractivity contribution in [2.75, 3.05) is 20.2 Å². The Hall–Kier alpha value is -1.90. The Morgan fingerprint density at radius 3 is 2.41 bits per heavy atom. The van der Waals surface area contributed by atoms with Gasteiger partial charge in [-0.05, 0) is 75.6 Å². The molecule has 1 aliphatic heterocycles. The lowest BCUT2D eigenvalue weighted by molar-refractivity contribution is 0.0155. The van der Waals surface area contributed by atoms with Gasteiger partial charge in [0, 0.05) is 30.1 Å². The molecule has 1 aliphatic rings. The highest BCUT2D eigenvalue weighted by atomic mass is 79.9. The van der Waals surface area contributed by atoms with E-state index in [2.05, 4.69) is 15.9 Å². The maximum atomic E-state index is 13.7. The number of nitrogens with zero attached hydrogens (tertiary/aromatic N) is 2. The van der Waals surface area contributed by atoms with E-state index < -0.39 is 16.6 Å². The summed E-state index contributed by atoms with van der Waals surface area (Å²) in [4.78, 5) is 15.1. The minimum Gasteiger partial charge on any atom is -0.497 e. The first-order chi connectivity index (χ1) is 15.2. The van der Waals surface area contributed by atoms with E-state index in [0.29, 0.717) is 24.5 Å². The van der Waals surface area contributed by atoms with Crippen LogP contribution in [-0.4, -0.2) is 51.3 Å². The fourth-order valence-corrected chi connectivity index (χ4v) is 5.22. The molecule has 0 saturated carbocycles. The second-order valence-electron chi connectivity index (χ2n) is 8.85. The molecule has 2 aromatic carbocycles. The second kappa shape index (κ2) is 10.8. The molecule has 0 bridgehead atoms. The van der Waals surface area contributed by atoms with Gasteiger partial charge in [-0.1, -0.05) is 28.1 Å². The molecule has 0 spiro atoms. The van der Waals surface area contributed by atoms with E-state index in [4.69, 9.17) is 9.47 Å². The monoisotopic (exact) mass is 522 g/mol. The van der Waals surface area contributed by atoms with Crippen LogP contribution in [0.2, 0.25) is 0 Å². The van der Waals surface area contributed by atoms with Crippen molar-refractivity contribution in [1.29, 1.82) is 0 Å². The lowest BCUT2D eigenvalue weighted by Crippen LogP contribution is -2.51. The summed E-state index contributed by atoms with van der Waals surface area (Å²) in [6.45, 7) is 7.24. The van der Waals surface area contributed by atoms with E-state index in [0.717, 1.165) is 28.6 Å². The molecule has 2 unspecified atom stereocenters. The number of carbonyl (C=O) groups is 1. The number of hydrogen-bond acceptors (Lipinski definition) is 4. The lowest BCUT2D eigenvalue weighted by Gasteiger charge is -2.39. The number of amides is 1. The normalized spacial score (nSPS) is 17.8. The standard InChI is InChI=1S/C24H31BrN2O4S/c1-24(2,3)31-23(28)26-15-5-6-20(17-26)27(16-18-7-9-19(25)10-8-18)32(29)22-13-11-21(30-4)12-14-22/h7-14,20H,5-6,15-17H2,1-4H3. The highest BCUT2D eigenvalue weighted by Crippen LogP contribution is 2.26. The van der Waals surface area contributed by atoms with E-state index in [-0.39, 0.29) is 12.1 Å². The molecule has 1 heterocycles. The summed E-state index contributed by atoms with van der Waals surface area (Å²) in [7, 11) is 0.215. The molecule has 174 valence electrons. The minimum atomic E-state index is -1.39. The van der Waals surface area contributed by atoms with Crippen LogP contribution in [0.25, 0.3) is 0 Å². The van der Waals surface area contributed by atoms with Crippen LogP contribution in [0.1, 0.15) is 39.2 Å². The second-order valence-corrected chi connectivity index (χ2v) is 11.2. The predicted octanol–water partition coefficient (Wildman–Crippen LogP) is 5.38. The third-order valence-electron chi connectivity index (χ3n) is 5.18. The van der Waals surface area contributed by atoms with Crippen molar-refractivity contribution >= 4 is 33.0 Å². The summed E-state index contributed by atoms with van der Waals surface area (Å²) in [5, 5.41) is 0. The SMILES string of the molecule is COc1ccc(S(=O)N(Cc2ccc(Br)cc2)C2CCCN(C(=O)OC(C)(C)C)C2)cc1. The highest BCUT2D eigenvalue weighted by Gasteiger charge is 2.33. The number of methoxy groups -OCH3 is 1. The van der Waals surface area contributed by atoms with Gasteiger partial charge in [-0.15, -0.1) is 0 Å².